The number of hydrogen-bond donors (Lipinski definition) is 1. The molecular weight excluding hydrogens is 498 g/mol. The van der Waals surface area contributed by atoms with Gasteiger partial charge in [-0.3, -0.25) is 5.32 Å². The van der Waals surface area contributed by atoms with E-state index in [9.17, 15) is 14.4 Å². The van der Waals surface area contributed by atoms with E-state index < -0.39 is 37.3 Å². The highest BCUT2D eigenvalue weighted by atomic mass is 28.3. The third-order valence-electron chi connectivity index (χ3n) is 7.23. The van der Waals surface area contributed by atoms with Gasteiger partial charge in [0.15, 0.2) is 5.60 Å². The molecule has 1 N–H and O–H groups in total. The Morgan fingerprint density at radius 3 is 2.24 bits per heavy atom. The Hall–Kier alpha value is -3.91. The molecule has 0 saturated carbocycles. The lowest BCUT2D eigenvalue weighted by molar-refractivity contribution is 0.0255. The summed E-state index contributed by atoms with van der Waals surface area (Å²) in [4.78, 5) is 38.3. The van der Waals surface area contributed by atoms with E-state index in [1.807, 2.05) is 52.0 Å². The summed E-state index contributed by atoms with van der Waals surface area (Å²) in [7, 11) is -1.02. The van der Waals surface area contributed by atoms with E-state index in [0.717, 1.165) is 27.1 Å². The highest BCUT2D eigenvalue weighted by Crippen LogP contribution is 2.49. The van der Waals surface area contributed by atoms with Crippen LogP contribution in [-0.4, -0.2) is 38.8 Å². The SMILES string of the molecule is COC(=O)c1ccc2c(c1)C1(OC2=O)c2ccc(C)cc2[Si](C)(C)c2cc(NC(=O)OC(C)(C)C)ccc21. The van der Waals surface area contributed by atoms with Crippen LogP contribution in [0.2, 0.25) is 13.1 Å². The maximum Gasteiger partial charge on any atom is 0.412 e. The van der Waals surface area contributed by atoms with Gasteiger partial charge < -0.3 is 14.2 Å². The molecule has 0 aliphatic carbocycles. The number of methoxy groups -OCH3 is 1. The molecule has 0 saturated heterocycles. The van der Waals surface area contributed by atoms with E-state index in [4.69, 9.17) is 14.2 Å². The maximum absolute atomic E-state index is 13.3. The second-order valence-corrected chi connectivity index (χ2v) is 15.7. The van der Waals surface area contributed by atoms with Crippen molar-refractivity contribution in [3.8, 4) is 0 Å². The average Bonchev–Trinajstić information content (AvgIpc) is 3.13. The van der Waals surface area contributed by atoms with Crippen molar-refractivity contribution in [1.82, 2.24) is 0 Å². The molecule has 2 aliphatic rings. The van der Waals surface area contributed by atoms with Crippen molar-refractivity contribution in [1.29, 1.82) is 0 Å². The highest BCUT2D eigenvalue weighted by molar-refractivity contribution is 7.01. The van der Waals surface area contributed by atoms with E-state index in [-0.39, 0.29) is 0 Å². The first-order chi connectivity index (χ1) is 17.8. The number of carbonyl (C=O) groups excluding carboxylic acids is 3. The van der Waals surface area contributed by atoms with Crippen molar-refractivity contribution < 1.29 is 28.6 Å². The molecule has 1 unspecified atom stereocenters. The molecule has 196 valence electrons. The predicted molar refractivity (Wildman–Crippen MR) is 147 cm³/mol. The molecular formula is C30H31NO6Si. The summed E-state index contributed by atoms with van der Waals surface area (Å²) in [5.41, 5.74) is 2.90. The standard InChI is InChI=1S/C30H31NO6Si/c1-17-8-12-21-24(14-17)38(6,7)25-16-19(31-28(34)37-29(2,3)4)10-13-22(25)30(21)23-15-18(26(32)35-5)9-11-20(23)27(33)36-30/h8-16H,1-7H3,(H,31,34). The number of rotatable bonds is 2. The number of esters is 2. The fraction of sp³-hybridized carbons (Fsp3) is 0.300. The molecule has 7 nitrogen and oxygen atoms in total. The maximum atomic E-state index is 13.3. The lowest BCUT2D eigenvalue weighted by Gasteiger charge is -2.44. The molecule has 3 aromatic carbocycles. The smallest absolute Gasteiger partial charge is 0.412 e. The minimum atomic E-state index is -2.35. The summed E-state index contributed by atoms with van der Waals surface area (Å²) in [6, 6.07) is 16.8. The number of hydrogen-bond acceptors (Lipinski definition) is 6. The van der Waals surface area contributed by atoms with Crippen LogP contribution < -0.4 is 15.7 Å². The van der Waals surface area contributed by atoms with Crippen molar-refractivity contribution >= 4 is 42.2 Å². The van der Waals surface area contributed by atoms with Crippen molar-refractivity contribution in [3.63, 3.8) is 0 Å². The van der Waals surface area contributed by atoms with Gasteiger partial charge in [0, 0.05) is 22.4 Å². The summed E-state index contributed by atoms with van der Waals surface area (Å²) in [5, 5.41) is 5.00. The van der Waals surface area contributed by atoms with E-state index in [2.05, 4.69) is 24.5 Å². The van der Waals surface area contributed by atoms with Gasteiger partial charge in [-0.2, -0.15) is 0 Å². The van der Waals surface area contributed by atoms with Gasteiger partial charge in [-0.05, 0) is 68.4 Å². The highest BCUT2D eigenvalue weighted by Gasteiger charge is 2.56. The molecule has 1 amide bonds. The second-order valence-electron chi connectivity index (χ2n) is 11.4. The second kappa shape index (κ2) is 8.56. The van der Waals surface area contributed by atoms with Crippen LogP contribution in [0.25, 0.3) is 0 Å². The third-order valence-corrected chi connectivity index (χ3v) is 10.8. The Labute approximate surface area is 223 Å². The number of amides is 1. The molecule has 0 aromatic heterocycles. The molecule has 5 rings (SSSR count). The lowest BCUT2D eigenvalue weighted by Crippen LogP contribution is -2.63. The number of fused-ring (bicyclic) bond motifs is 6. The van der Waals surface area contributed by atoms with Crippen LogP contribution in [-0.2, 0) is 19.8 Å². The fourth-order valence-corrected chi connectivity index (χ4v) is 8.81. The molecule has 2 heterocycles. The summed E-state index contributed by atoms with van der Waals surface area (Å²) in [5.74, 6) is -0.944. The molecule has 1 atom stereocenters. The lowest BCUT2D eigenvalue weighted by atomic mass is 9.78. The van der Waals surface area contributed by atoms with Crippen molar-refractivity contribution in [2.45, 2.75) is 52.0 Å². The Morgan fingerprint density at radius 2 is 1.58 bits per heavy atom. The third kappa shape index (κ3) is 3.91. The number of aryl methyl sites for hydroxylation is 1. The summed E-state index contributed by atoms with van der Waals surface area (Å²) in [6.45, 7) is 12.0. The quantitative estimate of drug-likeness (QED) is 0.293. The van der Waals surface area contributed by atoms with Gasteiger partial charge in [-0.25, -0.2) is 14.4 Å². The number of ether oxygens (including phenoxy) is 3. The fourth-order valence-electron chi connectivity index (χ4n) is 5.55. The minimum absolute atomic E-state index is 0.337. The Bertz CT molecular complexity index is 1520. The Balaban J connectivity index is 1.76. The minimum Gasteiger partial charge on any atom is -0.465 e. The molecule has 1 spiro atoms. The topological polar surface area (TPSA) is 90.9 Å². The summed E-state index contributed by atoms with van der Waals surface area (Å²) >= 11 is 0. The van der Waals surface area contributed by atoms with Crippen LogP contribution in [0.1, 0.15) is 63.7 Å². The van der Waals surface area contributed by atoms with Gasteiger partial charge in [0.05, 0.1) is 18.2 Å². The van der Waals surface area contributed by atoms with Gasteiger partial charge in [-0.15, -0.1) is 0 Å². The Kier molecular flexibility index (Phi) is 5.79. The van der Waals surface area contributed by atoms with Crippen LogP contribution in [0.15, 0.2) is 54.6 Å². The molecule has 38 heavy (non-hydrogen) atoms. The molecule has 0 radical (unpaired) electrons. The van der Waals surface area contributed by atoms with Gasteiger partial charge in [0.1, 0.15) is 13.7 Å². The number of nitrogens with one attached hydrogen (secondary N) is 1. The first-order valence-electron chi connectivity index (χ1n) is 12.5. The largest absolute Gasteiger partial charge is 0.465 e. The van der Waals surface area contributed by atoms with Gasteiger partial charge >= 0.3 is 18.0 Å². The first kappa shape index (κ1) is 25.7. The van der Waals surface area contributed by atoms with Gasteiger partial charge in [0.2, 0.25) is 0 Å². The normalized spacial score (nSPS) is 18.7. The van der Waals surface area contributed by atoms with Crippen molar-refractivity contribution in [3.05, 3.63) is 88.0 Å². The van der Waals surface area contributed by atoms with Crippen LogP contribution in [0.5, 0.6) is 0 Å². The van der Waals surface area contributed by atoms with E-state index >= 15 is 0 Å². The molecule has 8 heteroatoms. The zero-order valence-electron chi connectivity index (χ0n) is 22.6. The number of carbonyl (C=O) groups is 3. The number of anilines is 1. The molecule has 0 bridgehead atoms. The summed E-state index contributed by atoms with van der Waals surface area (Å²) in [6.07, 6.45) is -0.543. The monoisotopic (exact) mass is 529 g/mol. The average molecular weight is 530 g/mol. The molecule has 0 fully saturated rings. The van der Waals surface area contributed by atoms with E-state index in [1.54, 1.807) is 24.3 Å². The Morgan fingerprint density at radius 1 is 0.921 bits per heavy atom. The summed E-state index contributed by atoms with van der Waals surface area (Å²) < 4.78 is 16.7. The van der Waals surface area contributed by atoms with Crippen LogP contribution in [0, 0.1) is 6.92 Å². The molecule has 2 aliphatic heterocycles. The van der Waals surface area contributed by atoms with E-state index in [0.29, 0.717) is 22.4 Å². The van der Waals surface area contributed by atoms with E-state index in [1.165, 1.54) is 7.11 Å². The van der Waals surface area contributed by atoms with Gasteiger partial charge in [0.25, 0.3) is 0 Å². The zero-order valence-corrected chi connectivity index (χ0v) is 23.6. The first-order valence-corrected chi connectivity index (χ1v) is 15.5. The number of benzene rings is 3. The van der Waals surface area contributed by atoms with Crippen LogP contribution >= 0.6 is 0 Å². The molecule has 3 aromatic rings. The predicted octanol–water partition coefficient (Wildman–Crippen LogP) is 4.73. The zero-order chi connectivity index (χ0) is 27.6. The van der Waals surface area contributed by atoms with Crippen molar-refractivity contribution in [2.75, 3.05) is 12.4 Å². The van der Waals surface area contributed by atoms with Gasteiger partial charge in [-0.1, -0.05) is 42.9 Å². The van der Waals surface area contributed by atoms with Crippen LogP contribution in [0.4, 0.5) is 10.5 Å². The van der Waals surface area contributed by atoms with Crippen molar-refractivity contribution in [2.24, 2.45) is 0 Å². The van der Waals surface area contributed by atoms with Crippen LogP contribution in [0.3, 0.4) is 0 Å².